The van der Waals surface area contributed by atoms with E-state index in [4.69, 9.17) is 5.26 Å². The van der Waals surface area contributed by atoms with E-state index in [0.29, 0.717) is 22.2 Å². The van der Waals surface area contributed by atoms with E-state index >= 15 is 0 Å². The summed E-state index contributed by atoms with van der Waals surface area (Å²) in [7, 11) is 0. The average molecular weight is 309 g/mol. The van der Waals surface area contributed by atoms with Gasteiger partial charge in [0.2, 0.25) is 5.88 Å². The van der Waals surface area contributed by atoms with Gasteiger partial charge in [-0.2, -0.15) is 5.26 Å². The number of rotatable bonds is 3. The average Bonchev–Trinajstić information content (AvgIpc) is 2.15. The maximum Gasteiger partial charge on any atom is 0.574 e. The molecule has 0 fully saturated rings. The summed E-state index contributed by atoms with van der Waals surface area (Å²) in [6.45, 7) is 1.64. The molecule has 0 aliphatic rings. The van der Waals surface area contributed by atoms with Crippen molar-refractivity contribution in [3.8, 4) is 11.9 Å². The summed E-state index contributed by atoms with van der Waals surface area (Å²) in [6, 6.07) is 3.06. The van der Waals surface area contributed by atoms with Crippen molar-refractivity contribution in [1.29, 1.82) is 5.26 Å². The lowest BCUT2D eigenvalue weighted by atomic mass is 10.1. The van der Waals surface area contributed by atoms with Gasteiger partial charge in [0.05, 0.1) is 18.2 Å². The minimum Gasteiger partial charge on any atom is -0.388 e. The first-order chi connectivity index (χ1) is 7.87. The summed E-state index contributed by atoms with van der Waals surface area (Å²) < 4.78 is 39.8. The minimum atomic E-state index is -4.78. The molecule has 0 aliphatic carbocycles. The molecule has 0 bridgehead atoms. The van der Waals surface area contributed by atoms with Crippen LogP contribution in [-0.2, 0) is 11.8 Å². The van der Waals surface area contributed by atoms with E-state index in [2.05, 4.69) is 25.7 Å². The maximum atomic E-state index is 12.0. The number of pyridine rings is 1. The molecule has 17 heavy (non-hydrogen) atoms. The summed E-state index contributed by atoms with van der Waals surface area (Å²) in [6.07, 6.45) is -4.84. The Morgan fingerprint density at radius 3 is 2.65 bits per heavy atom. The lowest BCUT2D eigenvalue weighted by Gasteiger charge is -2.12. The van der Waals surface area contributed by atoms with Crippen molar-refractivity contribution in [2.24, 2.45) is 0 Å². The molecule has 0 unspecified atom stereocenters. The molecule has 92 valence electrons. The molecule has 1 aromatic rings. The van der Waals surface area contributed by atoms with E-state index in [-0.39, 0.29) is 6.42 Å². The monoisotopic (exact) mass is 308 g/mol. The largest absolute Gasteiger partial charge is 0.574 e. The first-order valence-electron chi connectivity index (χ1n) is 4.55. The second kappa shape index (κ2) is 5.36. The highest BCUT2D eigenvalue weighted by molar-refractivity contribution is 9.08. The summed E-state index contributed by atoms with van der Waals surface area (Å²) in [5.74, 6) is -0.537. The number of hydrogen-bond acceptors (Lipinski definition) is 3. The fraction of sp³-hybridized carbons (Fsp3) is 0.400. The van der Waals surface area contributed by atoms with Gasteiger partial charge in [-0.05, 0) is 18.1 Å². The number of alkyl halides is 4. The second-order valence-electron chi connectivity index (χ2n) is 3.22. The first kappa shape index (κ1) is 13.8. The normalized spacial score (nSPS) is 11.1. The quantitative estimate of drug-likeness (QED) is 0.805. The molecule has 0 N–H and O–H groups in total. The number of aryl methyl sites for hydroxylation is 1. The Hall–Kier alpha value is -1.29. The number of ether oxygens (including phenoxy) is 1. The Labute approximate surface area is 104 Å². The van der Waals surface area contributed by atoms with Crippen molar-refractivity contribution >= 4 is 15.9 Å². The van der Waals surface area contributed by atoms with Crippen LogP contribution < -0.4 is 4.74 Å². The van der Waals surface area contributed by atoms with E-state index in [0.717, 1.165) is 0 Å². The molecule has 0 aromatic carbocycles. The van der Waals surface area contributed by atoms with Crippen molar-refractivity contribution in [1.82, 2.24) is 4.98 Å². The standard InChI is InChI=1S/C10H8BrF3N2O/c1-6-4-9(17-10(12,13)14)16-8(2-3-15)7(6)5-11/h4H,2,5H2,1H3. The second-order valence-corrected chi connectivity index (χ2v) is 3.78. The van der Waals surface area contributed by atoms with Gasteiger partial charge in [0, 0.05) is 11.4 Å². The van der Waals surface area contributed by atoms with Crippen LogP contribution in [0.1, 0.15) is 16.8 Å². The number of nitriles is 1. The van der Waals surface area contributed by atoms with Crippen molar-refractivity contribution in [2.45, 2.75) is 25.0 Å². The molecule has 0 radical (unpaired) electrons. The van der Waals surface area contributed by atoms with E-state index in [1.54, 1.807) is 6.92 Å². The summed E-state index contributed by atoms with van der Waals surface area (Å²) in [4.78, 5) is 3.68. The smallest absolute Gasteiger partial charge is 0.388 e. The molecule has 1 rings (SSSR count). The highest BCUT2D eigenvalue weighted by Crippen LogP contribution is 2.25. The van der Waals surface area contributed by atoms with Gasteiger partial charge < -0.3 is 4.74 Å². The van der Waals surface area contributed by atoms with Crippen molar-refractivity contribution < 1.29 is 17.9 Å². The molecule has 0 spiro atoms. The SMILES string of the molecule is Cc1cc(OC(F)(F)F)nc(CC#N)c1CBr. The predicted molar refractivity (Wildman–Crippen MR) is 57.6 cm³/mol. The predicted octanol–water partition coefficient (Wildman–Crippen LogP) is 3.25. The Morgan fingerprint density at radius 1 is 1.53 bits per heavy atom. The van der Waals surface area contributed by atoms with Crippen LogP contribution in [-0.4, -0.2) is 11.3 Å². The van der Waals surface area contributed by atoms with Crippen LogP contribution in [0.4, 0.5) is 13.2 Å². The Morgan fingerprint density at radius 2 is 2.18 bits per heavy atom. The first-order valence-corrected chi connectivity index (χ1v) is 5.67. The van der Waals surface area contributed by atoms with Crippen LogP contribution in [0.3, 0.4) is 0 Å². The highest BCUT2D eigenvalue weighted by Gasteiger charge is 2.32. The van der Waals surface area contributed by atoms with E-state index in [1.807, 2.05) is 6.07 Å². The molecule has 0 atom stereocenters. The van der Waals surface area contributed by atoms with Crippen LogP contribution in [0.15, 0.2) is 6.07 Å². The lowest BCUT2D eigenvalue weighted by molar-refractivity contribution is -0.276. The molecule has 1 heterocycles. The van der Waals surface area contributed by atoms with Gasteiger partial charge in [-0.3, -0.25) is 0 Å². The molecule has 1 aromatic heterocycles. The van der Waals surface area contributed by atoms with Crippen LogP contribution in [0, 0.1) is 18.3 Å². The summed E-state index contributed by atoms with van der Waals surface area (Å²) in [5.41, 5.74) is 1.60. The molecule has 3 nitrogen and oxygen atoms in total. The highest BCUT2D eigenvalue weighted by atomic mass is 79.9. The number of aromatic nitrogens is 1. The molecular weight excluding hydrogens is 301 g/mol. The molecule has 0 saturated carbocycles. The summed E-state index contributed by atoms with van der Waals surface area (Å²) >= 11 is 3.20. The van der Waals surface area contributed by atoms with E-state index in [9.17, 15) is 13.2 Å². The molecule has 7 heteroatoms. The minimum absolute atomic E-state index is 0.0587. The van der Waals surface area contributed by atoms with Gasteiger partial charge in [0.1, 0.15) is 0 Å². The Bertz CT molecular complexity index is 454. The van der Waals surface area contributed by atoms with Crippen molar-refractivity contribution in [2.75, 3.05) is 0 Å². The van der Waals surface area contributed by atoms with Crippen molar-refractivity contribution in [3.63, 3.8) is 0 Å². The van der Waals surface area contributed by atoms with Crippen LogP contribution in [0.25, 0.3) is 0 Å². The summed E-state index contributed by atoms with van der Waals surface area (Å²) in [5, 5.41) is 9.01. The molecule has 0 saturated heterocycles. The van der Waals surface area contributed by atoms with Gasteiger partial charge in [0.15, 0.2) is 0 Å². The lowest BCUT2D eigenvalue weighted by Crippen LogP contribution is -2.18. The Kier molecular flexibility index (Phi) is 4.34. The Balaban J connectivity index is 3.15. The zero-order chi connectivity index (χ0) is 13.1. The molecule has 0 amide bonds. The third-order valence-electron chi connectivity index (χ3n) is 2.01. The maximum absolute atomic E-state index is 12.0. The zero-order valence-corrected chi connectivity index (χ0v) is 10.4. The topological polar surface area (TPSA) is 45.9 Å². The fourth-order valence-corrected chi connectivity index (χ4v) is 2.07. The number of halogens is 4. The third-order valence-corrected chi connectivity index (χ3v) is 2.57. The zero-order valence-electron chi connectivity index (χ0n) is 8.81. The number of nitrogens with zero attached hydrogens (tertiary/aromatic N) is 2. The molecule has 0 aliphatic heterocycles. The van der Waals surface area contributed by atoms with E-state index in [1.165, 1.54) is 6.07 Å². The van der Waals surface area contributed by atoms with Gasteiger partial charge in [-0.15, -0.1) is 13.2 Å². The fourth-order valence-electron chi connectivity index (χ4n) is 1.31. The van der Waals surface area contributed by atoms with Crippen molar-refractivity contribution in [3.05, 3.63) is 22.9 Å². The van der Waals surface area contributed by atoms with Gasteiger partial charge in [0.25, 0.3) is 0 Å². The van der Waals surface area contributed by atoms with E-state index < -0.39 is 12.2 Å². The van der Waals surface area contributed by atoms with Gasteiger partial charge >= 0.3 is 6.36 Å². The number of hydrogen-bond donors (Lipinski definition) is 0. The molecular formula is C10H8BrF3N2O. The van der Waals surface area contributed by atoms with Crippen LogP contribution in [0.2, 0.25) is 0 Å². The van der Waals surface area contributed by atoms with Gasteiger partial charge in [-0.1, -0.05) is 15.9 Å². The van der Waals surface area contributed by atoms with Gasteiger partial charge in [-0.25, -0.2) is 4.98 Å². The van der Waals surface area contributed by atoms with Crippen LogP contribution in [0.5, 0.6) is 5.88 Å². The van der Waals surface area contributed by atoms with Crippen LogP contribution >= 0.6 is 15.9 Å². The third kappa shape index (κ3) is 3.89.